The maximum Gasteiger partial charge on any atom is 0.0795 e. The minimum Gasteiger partial charge on any atom is -0.374 e. The van der Waals surface area contributed by atoms with E-state index in [-0.39, 0.29) is 5.60 Å². The summed E-state index contributed by atoms with van der Waals surface area (Å²) >= 11 is 2.08. The number of hydrogen-bond acceptors (Lipinski definition) is 3. The fourth-order valence-electron chi connectivity index (χ4n) is 4.02. The van der Waals surface area contributed by atoms with Crippen molar-refractivity contribution >= 4 is 11.8 Å². The van der Waals surface area contributed by atoms with Gasteiger partial charge in [0.1, 0.15) is 0 Å². The predicted octanol–water partition coefficient (Wildman–Crippen LogP) is 3.60. The lowest BCUT2D eigenvalue weighted by Crippen LogP contribution is -2.49. The highest BCUT2D eigenvalue weighted by atomic mass is 32.2. The highest BCUT2D eigenvalue weighted by Gasteiger charge is 2.40. The molecule has 0 aromatic rings. The highest BCUT2D eigenvalue weighted by Crippen LogP contribution is 2.38. The molecule has 0 bridgehead atoms. The summed E-state index contributed by atoms with van der Waals surface area (Å²) in [5.41, 5.74) is 0.235. The van der Waals surface area contributed by atoms with Crippen molar-refractivity contribution in [2.45, 2.75) is 76.0 Å². The maximum atomic E-state index is 6.13. The van der Waals surface area contributed by atoms with Crippen molar-refractivity contribution in [2.75, 3.05) is 18.1 Å². The molecule has 3 heteroatoms. The third kappa shape index (κ3) is 3.68. The van der Waals surface area contributed by atoms with E-state index in [1.165, 1.54) is 62.9 Å². The fourth-order valence-corrected chi connectivity index (χ4v) is 5.40. The van der Waals surface area contributed by atoms with Gasteiger partial charge >= 0.3 is 0 Å². The molecule has 3 aliphatic rings. The Hall–Kier alpha value is 0.270. The van der Waals surface area contributed by atoms with Crippen LogP contribution in [0.25, 0.3) is 0 Å². The Labute approximate surface area is 122 Å². The predicted molar refractivity (Wildman–Crippen MR) is 82.8 cm³/mol. The first-order valence-corrected chi connectivity index (χ1v) is 9.39. The number of rotatable bonds is 2. The molecule has 3 rings (SSSR count). The van der Waals surface area contributed by atoms with E-state index in [0.29, 0.717) is 6.04 Å². The van der Waals surface area contributed by atoms with E-state index in [0.717, 1.165) is 18.6 Å². The molecule has 0 radical (unpaired) electrons. The Morgan fingerprint density at radius 3 is 2.89 bits per heavy atom. The molecule has 2 nitrogen and oxygen atoms in total. The van der Waals surface area contributed by atoms with Crippen molar-refractivity contribution in [2.24, 2.45) is 5.92 Å². The van der Waals surface area contributed by atoms with Crippen LogP contribution in [0.4, 0.5) is 0 Å². The molecule has 1 spiro atoms. The van der Waals surface area contributed by atoms with Crippen LogP contribution in [0.3, 0.4) is 0 Å². The Morgan fingerprint density at radius 2 is 2.05 bits per heavy atom. The van der Waals surface area contributed by atoms with Gasteiger partial charge in [0, 0.05) is 24.4 Å². The van der Waals surface area contributed by atoms with Gasteiger partial charge in [0.2, 0.25) is 0 Å². The van der Waals surface area contributed by atoms with Crippen LogP contribution in [0.15, 0.2) is 0 Å². The number of ether oxygens (including phenoxy) is 1. The second-order valence-corrected chi connectivity index (χ2v) is 8.11. The smallest absolute Gasteiger partial charge is 0.0795 e. The minimum atomic E-state index is 0.235. The van der Waals surface area contributed by atoms with Crippen LogP contribution in [0.1, 0.15) is 58.3 Å². The van der Waals surface area contributed by atoms with Gasteiger partial charge in [-0.05, 0) is 50.2 Å². The zero-order valence-electron chi connectivity index (χ0n) is 12.3. The van der Waals surface area contributed by atoms with E-state index in [1.54, 1.807) is 0 Å². The third-order valence-corrected chi connectivity index (χ3v) is 6.51. The van der Waals surface area contributed by atoms with E-state index in [9.17, 15) is 0 Å². The second-order valence-electron chi connectivity index (χ2n) is 7.00. The average Bonchev–Trinajstić information content (AvgIpc) is 2.73. The normalized spacial score (nSPS) is 44.4. The van der Waals surface area contributed by atoms with E-state index in [4.69, 9.17) is 4.74 Å². The van der Waals surface area contributed by atoms with Crippen LogP contribution in [0.2, 0.25) is 0 Å². The lowest BCUT2D eigenvalue weighted by molar-refractivity contribution is -0.0715. The zero-order valence-corrected chi connectivity index (χ0v) is 13.1. The van der Waals surface area contributed by atoms with E-state index in [2.05, 4.69) is 24.0 Å². The van der Waals surface area contributed by atoms with Crippen molar-refractivity contribution in [1.82, 2.24) is 5.32 Å². The minimum absolute atomic E-state index is 0.235. The molecule has 1 saturated carbocycles. The first-order chi connectivity index (χ1) is 9.26. The summed E-state index contributed by atoms with van der Waals surface area (Å²) < 4.78 is 6.13. The molecule has 4 unspecified atom stereocenters. The monoisotopic (exact) mass is 283 g/mol. The SMILES string of the molecule is CC1CCCC(NC2CCOC3(CCSC3)C2)CC1. The second kappa shape index (κ2) is 6.36. The number of nitrogens with one attached hydrogen (secondary N) is 1. The van der Waals surface area contributed by atoms with Gasteiger partial charge in [0.05, 0.1) is 5.60 Å². The summed E-state index contributed by atoms with van der Waals surface area (Å²) in [4.78, 5) is 0. The topological polar surface area (TPSA) is 21.3 Å². The zero-order chi connectivity index (χ0) is 13.1. The fraction of sp³-hybridized carbons (Fsp3) is 1.00. The molecule has 1 N–H and O–H groups in total. The molecule has 110 valence electrons. The van der Waals surface area contributed by atoms with Crippen LogP contribution in [0, 0.1) is 5.92 Å². The molecule has 19 heavy (non-hydrogen) atoms. The largest absolute Gasteiger partial charge is 0.374 e. The summed E-state index contributed by atoms with van der Waals surface area (Å²) in [6.07, 6.45) is 10.8. The van der Waals surface area contributed by atoms with Gasteiger partial charge in [-0.2, -0.15) is 11.8 Å². The van der Waals surface area contributed by atoms with Gasteiger partial charge in [0.15, 0.2) is 0 Å². The summed E-state index contributed by atoms with van der Waals surface area (Å²) in [6.45, 7) is 3.39. The van der Waals surface area contributed by atoms with Gasteiger partial charge < -0.3 is 10.1 Å². The molecule has 4 atom stereocenters. The Morgan fingerprint density at radius 1 is 1.11 bits per heavy atom. The average molecular weight is 283 g/mol. The molecule has 0 aromatic carbocycles. The first-order valence-electron chi connectivity index (χ1n) is 8.24. The third-order valence-electron chi connectivity index (χ3n) is 5.29. The van der Waals surface area contributed by atoms with Gasteiger partial charge in [-0.25, -0.2) is 0 Å². The van der Waals surface area contributed by atoms with Crippen molar-refractivity contribution in [3.05, 3.63) is 0 Å². The number of hydrogen-bond donors (Lipinski definition) is 1. The number of thioether (sulfide) groups is 1. The summed E-state index contributed by atoms with van der Waals surface area (Å²) in [5, 5.41) is 3.98. The van der Waals surface area contributed by atoms with Crippen LogP contribution in [-0.4, -0.2) is 35.8 Å². The molecule has 1 aliphatic carbocycles. The Balaban J connectivity index is 1.51. The molecule has 2 aliphatic heterocycles. The lowest BCUT2D eigenvalue weighted by Gasteiger charge is -2.39. The van der Waals surface area contributed by atoms with Crippen molar-refractivity contribution in [1.29, 1.82) is 0 Å². The maximum absolute atomic E-state index is 6.13. The standard InChI is InChI=1S/C16H29NOS/c1-13-3-2-4-14(6-5-13)17-15-7-9-18-16(11-15)8-10-19-12-16/h13-15,17H,2-12H2,1H3. The van der Waals surface area contributed by atoms with Crippen LogP contribution < -0.4 is 5.32 Å². The summed E-state index contributed by atoms with van der Waals surface area (Å²) in [6, 6.07) is 1.49. The Bertz CT molecular complexity index is 290. The first kappa shape index (κ1) is 14.2. The van der Waals surface area contributed by atoms with Crippen molar-refractivity contribution in [3.8, 4) is 0 Å². The van der Waals surface area contributed by atoms with E-state index in [1.807, 2.05) is 0 Å². The molecule has 2 saturated heterocycles. The lowest BCUT2D eigenvalue weighted by atomic mass is 9.89. The summed E-state index contributed by atoms with van der Waals surface area (Å²) in [7, 11) is 0. The van der Waals surface area contributed by atoms with E-state index < -0.39 is 0 Å². The van der Waals surface area contributed by atoms with Gasteiger partial charge in [-0.3, -0.25) is 0 Å². The molecule has 0 aromatic heterocycles. The van der Waals surface area contributed by atoms with Gasteiger partial charge in [0.25, 0.3) is 0 Å². The van der Waals surface area contributed by atoms with Crippen molar-refractivity contribution < 1.29 is 4.74 Å². The quantitative estimate of drug-likeness (QED) is 0.782. The van der Waals surface area contributed by atoms with Crippen LogP contribution in [-0.2, 0) is 4.74 Å². The van der Waals surface area contributed by atoms with Gasteiger partial charge in [-0.15, -0.1) is 0 Å². The molecule has 0 amide bonds. The van der Waals surface area contributed by atoms with E-state index >= 15 is 0 Å². The molecule has 3 fully saturated rings. The van der Waals surface area contributed by atoms with Crippen LogP contribution in [0.5, 0.6) is 0 Å². The summed E-state index contributed by atoms with van der Waals surface area (Å²) in [5.74, 6) is 3.47. The molecule has 2 heterocycles. The molecular formula is C16H29NOS. The van der Waals surface area contributed by atoms with Gasteiger partial charge in [-0.1, -0.05) is 19.8 Å². The molecular weight excluding hydrogens is 254 g/mol. The van der Waals surface area contributed by atoms with Crippen molar-refractivity contribution in [3.63, 3.8) is 0 Å². The Kier molecular flexibility index (Phi) is 4.76. The van der Waals surface area contributed by atoms with Crippen LogP contribution >= 0.6 is 11.8 Å². The highest BCUT2D eigenvalue weighted by molar-refractivity contribution is 7.99.